The molecule has 0 spiro atoms. The Labute approximate surface area is 183 Å². The summed E-state index contributed by atoms with van der Waals surface area (Å²) in [6.45, 7) is 4.79. The van der Waals surface area contributed by atoms with Crippen molar-refractivity contribution in [3.05, 3.63) is 71.6 Å². The predicted octanol–water partition coefficient (Wildman–Crippen LogP) is 2.38. The van der Waals surface area contributed by atoms with Crippen LogP contribution in [0.1, 0.15) is 31.4 Å². The van der Waals surface area contributed by atoms with Crippen LogP contribution in [-0.4, -0.2) is 27.2 Å². The molecule has 0 saturated heterocycles. The molecule has 166 valence electrons. The van der Waals surface area contributed by atoms with E-state index in [1.54, 1.807) is 12.1 Å². The van der Waals surface area contributed by atoms with Gasteiger partial charge in [0.1, 0.15) is 6.17 Å². The number of anilines is 1. The number of nitrogens with two attached hydrogens (primary N) is 1. The SMILES string of the molecule is CCC1NC=C(C)N1c1ccccc1CCNC(=O)NS(=O)(=O)c1ccc(CN)cc1. The number of urea groups is 1. The first kappa shape index (κ1) is 22.6. The quantitative estimate of drug-likeness (QED) is 0.498. The first-order valence-electron chi connectivity index (χ1n) is 10.3. The van der Waals surface area contributed by atoms with Crippen LogP contribution >= 0.6 is 0 Å². The molecule has 31 heavy (non-hydrogen) atoms. The van der Waals surface area contributed by atoms with Gasteiger partial charge in [-0.15, -0.1) is 0 Å². The number of nitrogens with one attached hydrogen (secondary N) is 3. The van der Waals surface area contributed by atoms with Gasteiger partial charge in [-0.3, -0.25) is 0 Å². The standard InChI is InChI=1S/C22H29N5O3S/c1-3-21-25-15-16(2)27(21)20-7-5-4-6-18(20)12-13-24-22(28)26-31(29,30)19-10-8-17(14-23)9-11-19/h4-11,15,21,25H,3,12-14,23H2,1-2H3,(H2,24,26,28). The molecular weight excluding hydrogens is 414 g/mol. The topological polar surface area (TPSA) is 117 Å². The summed E-state index contributed by atoms with van der Waals surface area (Å²) >= 11 is 0. The van der Waals surface area contributed by atoms with Crippen LogP contribution < -0.4 is 26.0 Å². The van der Waals surface area contributed by atoms with Gasteiger partial charge in [-0.05, 0) is 49.1 Å². The summed E-state index contributed by atoms with van der Waals surface area (Å²) in [6, 6.07) is 13.4. The van der Waals surface area contributed by atoms with Crippen LogP contribution in [0.5, 0.6) is 0 Å². The molecule has 1 aliphatic rings. The fraction of sp³-hybridized carbons (Fsp3) is 0.318. The number of para-hydroxylation sites is 1. The Balaban J connectivity index is 1.60. The van der Waals surface area contributed by atoms with Gasteiger partial charge in [0, 0.05) is 30.7 Å². The highest BCUT2D eigenvalue weighted by atomic mass is 32.2. The third kappa shape index (κ3) is 5.36. The highest BCUT2D eigenvalue weighted by Crippen LogP contribution is 2.29. The van der Waals surface area contributed by atoms with Crippen molar-refractivity contribution in [3.63, 3.8) is 0 Å². The maximum atomic E-state index is 12.4. The summed E-state index contributed by atoms with van der Waals surface area (Å²) in [5, 5.41) is 6.00. The van der Waals surface area contributed by atoms with Crippen molar-refractivity contribution < 1.29 is 13.2 Å². The van der Waals surface area contributed by atoms with Gasteiger partial charge >= 0.3 is 6.03 Å². The molecule has 1 unspecified atom stereocenters. The number of benzene rings is 2. The number of hydrogen-bond donors (Lipinski definition) is 4. The maximum Gasteiger partial charge on any atom is 0.328 e. The van der Waals surface area contributed by atoms with E-state index in [1.165, 1.54) is 12.1 Å². The van der Waals surface area contributed by atoms with Gasteiger partial charge in [-0.2, -0.15) is 0 Å². The minimum absolute atomic E-state index is 0.0135. The molecule has 3 rings (SSSR count). The highest BCUT2D eigenvalue weighted by molar-refractivity contribution is 7.90. The lowest BCUT2D eigenvalue weighted by Gasteiger charge is -2.29. The van der Waals surface area contributed by atoms with Crippen molar-refractivity contribution in [2.75, 3.05) is 11.4 Å². The summed E-state index contributed by atoms with van der Waals surface area (Å²) in [4.78, 5) is 14.4. The molecule has 2 aromatic rings. The third-order valence-corrected chi connectivity index (χ3v) is 6.54. The number of carbonyl (C=O) groups is 1. The Kier molecular flexibility index (Phi) is 7.19. The van der Waals surface area contributed by atoms with Crippen LogP contribution in [0.25, 0.3) is 0 Å². The molecule has 0 aromatic heterocycles. The van der Waals surface area contributed by atoms with Gasteiger partial charge in [0.25, 0.3) is 10.0 Å². The second kappa shape index (κ2) is 9.84. The average Bonchev–Trinajstić information content (AvgIpc) is 3.14. The van der Waals surface area contributed by atoms with E-state index in [0.29, 0.717) is 19.5 Å². The lowest BCUT2D eigenvalue weighted by atomic mass is 10.1. The number of amides is 2. The van der Waals surface area contributed by atoms with Crippen molar-refractivity contribution in [1.29, 1.82) is 0 Å². The van der Waals surface area contributed by atoms with E-state index in [4.69, 9.17) is 5.73 Å². The van der Waals surface area contributed by atoms with Crippen molar-refractivity contribution in [2.24, 2.45) is 5.73 Å². The van der Waals surface area contributed by atoms with Crippen LogP contribution in [0.15, 0.2) is 65.3 Å². The monoisotopic (exact) mass is 443 g/mol. The zero-order chi connectivity index (χ0) is 22.4. The Morgan fingerprint density at radius 1 is 1.16 bits per heavy atom. The Bertz CT molecular complexity index is 1050. The minimum Gasteiger partial charge on any atom is -0.369 e. The molecule has 8 nitrogen and oxygen atoms in total. The van der Waals surface area contributed by atoms with Crippen molar-refractivity contribution in [3.8, 4) is 0 Å². The lowest BCUT2D eigenvalue weighted by molar-refractivity contribution is 0.246. The van der Waals surface area contributed by atoms with Gasteiger partial charge < -0.3 is 21.3 Å². The van der Waals surface area contributed by atoms with Gasteiger partial charge in [0.05, 0.1) is 4.90 Å². The molecule has 1 atom stereocenters. The molecule has 0 bridgehead atoms. The smallest absolute Gasteiger partial charge is 0.328 e. The molecule has 0 fully saturated rings. The van der Waals surface area contributed by atoms with Gasteiger partial charge in [-0.1, -0.05) is 37.3 Å². The molecular formula is C22H29N5O3S. The number of hydrogen-bond acceptors (Lipinski definition) is 6. The van der Waals surface area contributed by atoms with Gasteiger partial charge in [-0.25, -0.2) is 17.9 Å². The van der Waals surface area contributed by atoms with Gasteiger partial charge in [0.2, 0.25) is 0 Å². The van der Waals surface area contributed by atoms with E-state index in [2.05, 4.69) is 40.2 Å². The van der Waals surface area contributed by atoms with Crippen molar-refractivity contribution in [2.45, 2.75) is 44.3 Å². The zero-order valence-electron chi connectivity index (χ0n) is 17.8. The molecule has 2 amide bonds. The van der Waals surface area contributed by atoms with Crippen LogP contribution in [0, 0.1) is 0 Å². The first-order valence-corrected chi connectivity index (χ1v) is 11.7. The fourth-order valence-corrected chi connectivity index (χ4v) is 4.48. The number of rotatable bonds is 8. The van der Waals surface area contributed by atoms with E-state index in [1.807, 2.05) is 24.4 Å². The van der Waals surface area contributed by atoms with Crippen LogP contribution in [0.4, 0.5) is 10.5 Å². The molecule has 5 N–H and O–H groups in total. The van der Waals surface area contributed by atoms with Crippen molar-refractivity contribution >= 4 is 21.7 Å². The van der Waals surface area contributed by atoms with E-state index in [-0.39, 0.29) is 11.1 Å². The Morgan fingerprint density at radius 3 is 2.55 bits per heavy atom. The summed E-state index contributed by atoms with van der Waals surface area (Å²) in [5.74, 6) is 0. The van der Waals surface area contributed by atoms with Crippen LogP contribution in [-0.2, 0) is 23.0 Å². The molecule has 0 radical (unpaired) electrons. The predicted molar refractivity (Wildman–Crippen MR) is 122 cm³/mol. The third-order valence-electron chi connectivity index (χ3n) is 5.19. The fourth-order valence-electron chi connectivity index (χ4n) is 3.55. The summed E-state index contributed by atoms with van der Waals surface area (Å²) in [6.07, 6.45) is 3.69. The maximum absolute atomic E-state index is 12.4. The molecule has 1 aliphatic heterocycles. The van der Waals surface area contributed by atoms with Crippen LogP contribution in [0.3, 0.4) is 0 Å². The number of nitrogens with zero attached hydrogens (tertiary/aromatic N) is 1. The number of allylic oxidation sites excluding steroid dienone is 1. The van der Waals surface area contributed by atoms with E-state index >= 15 is 0 Å². The van der Waals surface area contributed by atoms with Crippen LogP contribution in [0.2, 0.25) is 0 Å². The largest absolute Gasteiger partial charge is 0.369 e. The van der Waals surface area contributed by atoms with E-state index in [0.717, 1.165) is 28.9 Å². The highest BCUT2D eigenvalue weighted by Gasteiger charge is 2.24. The number of sulfonamides is 1. The molecule has 9 heteroatoms. The minimum atomic E-state index is -3.95. The number of carbonyl (C=O) groups excluding carboxylic acids is 1. The molecule has 1 heterocycles. The van der Waals surface area contributed by atoms with Crippen molar-refractivity contribution in [1.82, 2.24) is 15.4 Å². The second-order valence-corrected chi connectivity index (χ2v) is 9.02. The average molecular weight is 444 g/mol. The Hall–Kier alpha value is -3.04. The zero-order valence-corrected chi connectivity index (χ0v) is 18.6. The lowest BCUT2D eigenvalue weighted by Crippen LogP contribution is -2.40. The van der Waals surface area contributed by atoms with E-state index in [9.17, 15) is 13.2 Å². The summed E-state index contributed by atoms with van der Waals surface area (Å²) in [7, 11) is -3.95. The summed E-state index contributed by atoms with van der Waals surface area (Å²) in [5.41, 5.74) is 9.60. The normalized spacial score (nSPS) is 15.9. The second-order valence-electron chi connectivity index (χ2n) is 7.33. The molecule has 0 aliphatic carbocycles. The molecule has 0 saturated carbocycles. The first-order chi connectivity index (χ1) is 14.9. The summed E-state index contributed by atoms with van der Waals surface area (Å²) < 4.78 is 26.8. The van der Waals surface area contributed by atoms with Gasteiger partial charge in [0.15, 0.2) is 0 Å². The Morgan fingerprint density at radius 2 is 1.87 bits per heavy atom. The molecule has 2 aromatic carbocycles. The van der Waals surface area contributed by atoms with E-state index < -0.39 is 16.1 Å².